The molecule has 0 unspecified atom stereocenters. The summed E-state index contributed by atoms with van der Waals surface area (Å²) < 4.78 is 73.4. The van der Waals surface area contributed by atoms with Gasteiger partial charge in [0.05, 0.1) is 25.3 Å². The third-order valence-corrected chi connectivity index (χ3v) is 5.72. The number of hydrogen-bond acceptors (Lipinski definition) is 5. The second kappa shape index (κ2) is 7.48. The molecule has 6 nitrogen and oxygen atoms in total. The van der Waals surface area contributed by atoms with Crippen molar-refractivity contribution >= 4 is 10.0 Å². The number of alkyl halides is 3. The van der Waals surface area contributed by atoms with Crippen molar-refractivity contribution in [1.29, 1.82) is 0 Å². The molecule has 2 atom stereocenters. The highest BCUT2D eigenvalue weighted by molar-refractivity contribution is 7.88. The molecule has 1 aliphatic heterocycles. The first-order chi connectivity index (χ1) is 12.3. The normalized spacial score (nSPS) is 22.3. The Kier molecular flexibility index (Phi) is 6.03. The van der Waals surface area contributed by atoms with Crippen molar-refractivity contribution in [2.75, 3.05) is 19.4 Å². The molecule has 0 aliphatic carbocycles. The summed E-state index contributed by atoms with van der Waals surface area (Å²) in [7, 11) is -3.66. The third kappa shape index (κ3) is 5.05. The maximum Gasteiger partial charge on any atom is 0.392 e. The molecule has 1 aromatic rings. The summed E-state index contributed by atoms with van der Waals surface area (Å²) in [5.41, 5.74) is -0.715. The summed E-state index contributed by atoms with van der Waals surface area (Å²) in [4.78, 5) is 0. The lowest BCUT2D eigenvalue weighted by Gasteiger charge is -2.45. The third-order valence-electron chi connectivity index (χ3n) is 4.39. The number of benzene rings is 1. The van der Waals surface area contributed by atoms with Crippen LogP contribution >= 0.6 is 0 Å². The van der Waals surface area contributed by atoms with Crippen LogP contribution in [0.1, 0.15) is 38.8 Å². The summed E-state index contributed by atoms with van der Waals surface area (Å²) in [6.45, 7) is 4.45. The lowest BCUT2D eigenvalue weighted by atomic mass is 9.86. The van der Waals surface area contributed by atoms with Gasteiger partial charge in [0.25, 0.3) is 0 Å². The van der Waals surface area contributed by atoms with E-state index < -0.39 is 47.0 Å². The second-order valence-corrected chi connectivity index (χ2v) is 8.91. The van der Waals surface area contributed by atoms with Gasteiger partial charge in [-0.2, -0.15) is 17.5 Å². The fourth-order valence-electron chi connectivity index (χ4n) is 3.07. The molecular weight excluding hydrogens is 387 g/mol. The van der Waals surface area contributed by atoms with Gasteiger partial charge in [0.1, 0.15) is 23.2 Å². The molecular formula is C17H24F3NO5S. The maximum absolute atomic E-state index is 12.3. The van der Waals surface area contributed by atoms with Crippen LogP contribution in [0.3, 0.4) is 0 Å². The van der Waals surface area contributed by atoms with E-state index in [-0.39, 0.29) is 12.3 Å². The van der Waals surface area contributed by atoms with Gasteiger partial charge in [-0.15, -0.1) is 0 Å². The zero-order chi connectivity index (χ0) is 20.6. The van der Waals surface area contributed by atoms with Gasteiger partial charge in [-0.1, -0.05) is 6.92 Å². The van der Waals surface area contributed by atoms with Crippen LogP contribution < -0.4 is 9.47 Å². The number of aliphatic hydroxyl groups excluding tert-OH is 1. The lowest BCUT2D eigenvalue weighted by molar-refractivity contribution is -0.139. The maximum atomic E-state index is 12.3. The van der Waals surface area contributed by atoms with Gasteiger partial charge in [0, 0.05) is 12.1 Å². The minimum absolute atomic E-state index is 0.106. The minimum atomic E-state index is -4.34. The largest absolute Gasteiger partial charge is 0.493 e. The fraction of sp³-hybridized carbons (Fsp3) is 0.647. The van der Waals surface area contributed by atoms with Crippen molar-refractivity contribution in [2.45, 2.75) is 51.1 Å². The Bertz CT molecular complexity index is 779. The standard InChI is InChI=1S/C17H24F3NO5S/c1-5-21(27(4,23)24)14-12-10-11(25-9-8-17(18,19)20)6-7-13(12)26-16(2,3)15(14)22/h6-7,10,14-15,22H,5,8-9H2,1-4H3/t14-,15+/m0/s1. The van der Waals surface area contributed by atoms with Crippen molar-refractivity contribution in [3.8, 4) is 11.5 Å². The van der Waals surface area contributed by atoms with Crippen LogP contribution in [0.25, 0.3) is 0 Å². The van der Waals surface area contributed by atoms with E-state index >= 15 is 0 Å². The van der Waals surface area contributed by atoms with E-state index in [1.165, 1.54) is 18.2 Å². The van der Waals surface area contributed by atoms with Crippen molar-refractivity contribution in [2.24, 2.45) is 0 Å². The van der Waals surface area contributed by atoms with Gasteiger partial charge in [0.2, 0.25) is 10.0 Å². The zero-order valence-corrected chi connectivity index (χ0v) is 16.4. The van der Waals surface area contributed by atoms with Crippen LogP contribution in [0.15, 0.2) is 18.2 Å². The molecule has 0 bridgehead atoms. The molecule has 0 saturated heterocycles. The molecule has 0 radical (unpaired) electrons. The Balaban J connectivity index is 2.42. The molecule has 1 heterocycles. The number of halogens is 3. The van der Waals surface area contributed by atoms with Crippen LogP contribution in [0, 0.1) is 0 Å². The molecule has 0 amide bonds. The summed E-state index contributed by atoms with van der Waals surface area (Å²) in [5, 5.41) is 10.8. The fourth-order valence-corrected chi connectivity index (χ4v) is 4.18. The van der Waals surface area contributed by atoms with Crippen LogP contribution in [-0.2, 0) is 10.0 Å². The number of ether oxygens (including phenoxy) is 2. The monoisotopic (exact) mass is 411 g/mol. The number of rotatable bonds is 6. The average molecular weight is 411 g/mol. The zero-order valence-electron chi connectivity index (χ0n) is 15.6. The first kappa shape index (κ1) is 21.8. The summed E-state index contributed by atoms with van der Waals surface area (Å²) in [6.07, 6.45) is -5.60. The Morgan fingerprint density at radius 3 is 2.48 bits per heavy atom. The first-order valence-electron chi connectivity index (χ1n) is 8.43. The summed E-state index contributed by atoms with van der Waals surface area (Å²) >= 11 is 0. The van der Waals surface area contributed by atoms with Gasteiger partial charge in [-0.25, -0.2) is 8.42 Å². The predicted octanol–water partition coefficient (Wildman–Crippen LogP) is 2.87. The molecule has 0 spiro atoms. The van der Waals surface area contributed by atoms with Crippen molar-refractivity contribution in [1.82, 2.24) is 4.31 Å². The van der Waals surface area contributed by atoms with Gasteiger partial charge >= 0.3 is 6.18 Å². The van der Waals surface area contributed by atoms with E-state index in [0.29, 0.717) is 11.3 Å². The van der Waals surface area contributed by atoms with Crippen LogP contribution in [0.5, 0.6) is 11.5 Å². The Morgan fingerprint density at radius 2 is 1.96 bits per heavy atom. The van der Waals surface area contributed by atoms with Gasteiger partial charge < -0.3 is 14.6 Å². The number of hydrogen-bond donors (Lipinski definition) is 1. The quantitative estimate of drug-likeness (QED) is 0.779. The van der Waals surface area contributed by atoms with Crippen molar-refractivity contribution < 1.29 is 36.2 Å². The van der Waals surface area contributed by atoms with E-state index in [0.717, 1.165) is 10.6 Å². The van der Waals surface area contributed by atoms with Crippen molar-refractivity contribution in [3.63, 3.8) is 0 Å². The van der Waals surface area contributed by atoms with Gasteiger partial charge in [-0.3, -0.25) is 0 Å². The molecule has 1 N–H and O–H groups in total. The highest BCUT2D eigenvalue weighted by Crippen LogP contribution is 2.45. The average Bonchev–Trinajstić information content (AvgIpc) is 2.49. The summed E-state index contributed by atoms with van der Waals surface area (Å²) in [6, 6.07) is 3.43. The lowest BCUT2D eigenvalue weighted by Crippen LogP contribution is -2.54. The smallest absolute Gasteiger partial charge is 0.392 e. The molecule has 27 heavy (non-hydrogen) atoms. The Hall–Kier alpha value is -1.52. The highest BCUT2D eigenvalue weighted by Gasteiger charge is 2.47. The Labute approximate surface area is 156 Å². The van der Waals surface area contributed by atoms with E-state index in [9.17, 15) is 26.7 Å². The number of sulfonamides is 1. The van der Waals surface area contributed by atoms with E-state index in [4.69, 9.17) is 9.47 Å². The van der Waals surface area contributed by atoms with E-state index in [2.05, 4.69) is 0 Å². The minimum Gasteiger partial charge on any atom is -0.493 e. The molecule has 1 aromatic carbocycles. The molecule has 0 aromatic heterocycles. The molecule has 1 aliphatic rings. The second-order valence-electron chi connectivity index (χ2n) is 6.97. The number of nitrogens with zero attached hydrogens (tertiary/aromatic N) is 1. The molecule has 10 heteroatoms. The predicted molar refractivity (Wildman–Crippen MR) is 93.3 cm³/mol. The van der Waals surface area contributed by atoms with Crippen LogP contribution in [0.4, 0.5) is 13.2 Å². The molecule has 0 saturated carbocycles. The molecule has 0 fully saturated rings. The first-order valence-corrected chi connectivity index (χ1v) is 10.3. The van der Waals surface area contributed by atoms with Gasteiger partial charge in [-0.05, 0) is 32.0 Å². The number of likely N-dealkylation sites (N-methyl/N-ethyl adjacent to an activating group) is 1. The van der Waals surface area contributed by atoms with Crippen LogP contribution in [0.2, 0.25) is 0 Å². The van der Waals surface area contributed by atoms with Crippen LogP contribution in [-0.4, -0.2) is 55.1 Å². The van der Waals surface area contributed by atoms with Gasteiger partial charge in [0.15, 0.2) is 0 Å². The van der Waals surface area contributed by atoms with E-state index in [1.54, 1.807) is 20.8 Å². The number of aliphatic hydroxyl groups is 1. The van der Waals surface area contributed by atoms with Crippen molar-refractivity contribution in [3.05, 3.63) is 23.8 Å². The molecule has 2 rings (SSSR count). The highest BCUT2D eigenvalue weighted by atomic mass is 32.2. The van der Waals surface area contributed by atoms with E-state index in [1.807, 2.05) is 0 Å². The Morgan fingerprint density at radius 1 is 1.33 bits per heavy atom. The SMILES string of the molecule is CCN([C@H]1c2cc(OCCC(F)(F)F)ccc2OC(C)(C)[C@@H]1O)S(C)(=O)=O. The topological polar surface area (TPSA) is 76.1 Å². The molecule has 154 valence electrons. The summed E-state index contributed by atoms with van der Waals surface area (Å²) in [5.74, 6) is 0.489. The number of fused-ring (bicyclic) bond motifs is 1.